The molecule has 0 aromatic heterocycles. The van der Waals surface area contributed by atoms with Gasteiger partial charge in [-0.25, -0.2) is 0 Å². The lowest BCUT2D eigenvalue weighted by Crippen LogP contribution is -2.32. The molecule has 1 N–H and O–H groups in total. The van der Waals surface area contributed by atoms with Gasteiger partial charge in [-0.15, -0.1) is 0 Å². The van der Waals surface area contributed by atoms with E-state index in [2.05, 4.69) is 18.7 Å². The highest BCUT2D eigenvalue weighted by atomic mass is 16.5. The Labute approximate surface area is 155 Å². The van der Waals surface area contributed by atoms with Crippen LogP contribution in [0.1, 0.15) is 38.8 Å². The molecule has 1 aliphatic heterocycles. The molecule has 1 heterocycles. The standard InChI is InChI=1S/C20H28N2O4/c1-5-21(6-2)16-10-8-15(9-11-16)18-17(14(3)23)19(24)20(25)22(18)12-7-13-26-4/h8-11,18,24H,5-7,12-13H2,1-4H3. The quantitative estimate of drug-likeness (QED) is 0.686. The molecular weight excluding hydrogens is 332 g/mol. The van der Waals surface area contributed by atoms with Gasteiger partial charge in [0.15, 0.2) is 11.5 Å². The number of rotatable bonds is 9. The number of hydrogen-bond donors (Lipinski definition) is 1. The molecular formula is C20H28N2O4. The summed E-state index contributed by atoms with van der Waals surface area (Å²) < 4.78 is 5.06. The second-order valence-electron chi connectivity index (χ2n) is 6.33. The molecule has 1 atom stereocenters. The van der Waals surface area contributed by atoms with E-state index in [9.17, 15) is 14.7 Å². The number of Topliss-reactive ketones (excluding diaryl/α,β-unsaturated/α-hetero) is 1. The summed E-state index contributed by atoms with van der Waals surface area (Å²) in [4.78, 5) is 28.4. The average molecular weight is 360 g/mol. The summed E-state index contributed by atoms with van der Waals surface area (Å²) in [5, 5.41) is 10.2. The van der Waals surface area contributed by atoms with Crippen LogP contribution in [0.3, 0.4) is 0 Å². The van der Waals surface area contributed by atoms with Gasteiger partial charge in [0.2, 0.25) is 0 Å². The molecule has 1 amide bonds. The molecule has 6 nitrogen and oxygen atoms in total. The Morgan fingerprint density at radius 1 is 1.23 bits per heavy atom. The van der Waals surface area contributed by atoms with Gasteiger partial charge in [0.25, 0.3) is 5.91 Å². The second kappa shape index (κ2) is 8.85. The topological polar surface area (TPSA) is 70.1 Å². The number of aliphatic hydroxyl groups excluding tert-OH is 1. The Kier molecular flexibility index (Phi) is 6.80. The van der Waals surface area contributed by atoms with Gasteiger partial charge in [0.1, 0.15) is 0 Å². The minimum Gasteiger partial charge on any atom is -0.503 e. The molecule has 0 saturated heterocycles. The van der Waals surface area contributed by atoms with Crippen LogP contribution in [0, 0.1) is 0 Å². The maximum absolute atomic E-state index is 12.5. The summed E-state index contributed by atoms with van der Waals surface area (Å²) in [7, 11) is 1.60. The first kappa shape index (κ1) is 20.0. The van der Waals surface area contributed by atoms with Crippen LogP contribution in [0.4, 0.5) is 5.69 Å². The van der Waals surface area contributed by atoms with Crippen LogP contribution in [-0.4, -0.2) is 55.0 Å². The van der Waals surface area contributed by atoms with E-state index < -0.39 is 17.7 Å². The van der Waals surface area contributed by atoms with Crippen molar-refractivity contribution in [3.05, 3.63) is 41.2 Å². The van der Waals surface area contributed by atoms with Gasteiger partial charge in [-0.05, 0) is 44.9 Å². The molecule has 26 heavy (non-hydrogen) atoms. The summed E-state index contributed by atoms with van der Waals surface area (Å²) >= 11 is 0. The van der Waals surface area contributed by atoms with Crippen molar-refractivity contribution >= 4 is 17.4 Å². The lowest BCUT2D eigenvalue weighted by Gasteiger charge is -2.27. The summed E-state index contributed by atoms with van der Waals surface area (Å²) in [6, 6.07) is 7.29. The van der Waals surface area contributed by atoms with E-state index in [0.717, 1.165) is 24.3 Å². The summed E-state index contributed by atoms with van der Waals surface area (Å²) in [6.45, 7) is 8.30. The maximum Gasteiger partial charge on any atom is 0.290 e. The van der Waals surface area contributed by atoms with Crippen molar-refractivity contribution in [3.63, 3.8) is 0 Å². The van der Waals surface area contributed by atoms with Crippen molar-refractivity contribution in [3.8, 4) is 0 Å². The number of carbonyl (C=O) groups is 2. The molecule has 1 unspecified atom stereocenters. The van der Waals surface area contributed by atoms with Gasteiger partial charge in [-0.3, -0.25) is 9.59 Å². The average Bonchev–Trinajstić information content (AvgIpc) is 2.88. The van der Waals surface area contributed by atoms with Gasteiger partial charge in [0, 0.05) is 39.0 Å². The molecule has 0 fully saturated rings. The molecule has 6 heteroatoms. The van der Waals surface area contributed by atoms with Crippen LogP contribution < -0.4 is 4.90 Å². The highest BCUT2D eigenvalue weighted by molar-refractivity contribution is 6.08. The smallest absolute Gasteiger partial charge is 0.290 e. The second-order valence-corrected chi connectivity index (χ2v) is 6.33. The zero-order valence-electron chi connectivity index (χ0n) is 16.0. The predicted octanol–water partition coefficient (Wildman–Crippen LogP) is 2.85. The van der Waals surface area contributed by atoms with Crippen molar-refractivity contribution in [2.75, 3.05) is 38.3 Å². The Hall–Kier alpha value is -2.34. The molecule has 142 valence electrons. The van der Waals surface area contributed by atoms with Crippen molar-refractivity contribution in [2.45, 2.75) is 33.2 Å². The largest absolute Gasteiger partial charge is 0.503 e. The molecule has 0 spiro atoms. The van der Waals surface area contributed by atoms with Crippen molar-refractivity contribution in [1.29, 1.82) is 0 Å². The Bertz CT molecular complexity index is 678. The fourth-order valence-electron chi connectivity index (χ4n) is 3.43. The molecule has 1 aromatic rings. The monoisotopic (exact) mass is 360 g/mol. The summed E-state index contributed by atoms with van der Waals surface area (Å²) in [6.07, 6.45) is 0.634. The number of carbonyl (C=O) groups excluding carboxylic acids is 2. The molecule has 1 aromatic carbocycles. The first-order valence-electron chi connectivity index (χ1n) is 9.05. The molecule has 0 bridgehead atoms. The number of ketones is 1. The highest BCUT2D eigenvalue weighted by Gasteiger charge is 2.41. The van der Waals surface area contributed by atoms with Crippen LogP contribution in [0.5, 0.6) is 0 Å². The molecule has 2 rings (SSSR count). The van der Waals surface area contributed by atoms with Crippen molar-refractivity contribution in [1.82, 2.24) is 4.90 Å². The zero-order chi connectivity index (χ0) is 19.3. The number of methoxy groups -OCH3 is 1. The number of anilines is 1. The van der Waals surface area contributed by atoms with E-state index in [0.29, 0.717) is 19.6 Å². The van der Waals surface area contributed by atoms with Gasteiger partial charge in [0.05, 0.1) is 11.6 Å². The minimum atomic E-state index is -0.553. The van der Waals surface area contributed by atoms with Crippen LogP contribution in [0.2, 0.25) is 0 Å². The summed E-state index contributed by atoms with van der Waals surface area (Å²) in [5.41, 5.74) is 2.08. The summed E-state index contributed by atoms with van der Waals surface area (Å²) in [5.74, 6) is -1.22. The zero-order valence-corrected chi connectivity index (χ0v) is 16.0. The van der Waals surface area contributed by atoms with Gasteiger partial charge < -0.3 is 19.6 Å². The van der Waals surface area contributed by atoms with Crippen LogP contribution in [0.25, 0.3) is 0 Å². The Morgan fingerprint density at radius 2 is 1.85 bits per heavy atom. The van der Waals surface area contributed by atoms with E-state index in [1.807, 2.05) is 24.3 Å². The Morgan fingerprint density at radius 3 is 2.35 bits per heavy atom. The van der Waals surface area contributed by atoms with E-state index in [1.165, 1.54) is 6.92 Å². The lowest BCUT2D eigenvalue weighted by atomic mass is 9.96. The van der Waals surface area contributed by atoms with Crippen LogP contribution in [-0.2, 0) is 14.3 Å². The fraction of sp³-hybridized carbons (Fsp3) is 0.500. The third kappa shape index (κ3) is 3.90. The number of benzene rings is 1. The SMILES string of the molecule is CCN(CC)c1ccc(C2C(C(C)=O)=C(O)C(=O)N2CCCOC)cc1. The van der Waals surface area contributed by atoms with Gasteiger partial charge in [-0.2, -0.15) is 0 Å². The third-order valence-electron chi connectivity index (χ3n) is 4.77. The Balaban J connectivity index is 2.37. The number of aliphatic hydroxyl groups is 1. The van der Waals surface area contributed by atoms with E-state index >= 15 is 0 Å². The predicted molar refractivity (Wildman–Crippen MR) is 101 cm³/mol. The first-order valence-corrected chi connectivity index (χ1v) is 9.05. The lowest BCUT2D eigenvalue weighted by molar-refractivity contribution is -0.129. The molecule has 0 aliphatic carbocycles. The number of amides is 1. The van der Waals surface area contributed by atoms with Gasteiger partial charge in [-0.1, -0.05) is 12.1 Å². The van der Waals surface area contributed by atoms with Crippen LogP contribution >= 0.6 is 0 Å². The normalized spacial score (nSPS) is 17.2. The van der Waals surface area contributed by atoms with E-state index in [1.54, 1.807) is 12.0 Å². The van der Waals surface area contributed by atoms with Crippen molar-refractivity contribution < 1.29 is 19.4 Å². The molecule has 1 aliphatic rings. The van der Waals surface area contributed by atoms with Crippen LogP contribution in [0.15, 0.2) is 35.6 Å². The van der Waals surface area contributed by atoms with Gasteiger partial charge >= 0.3 is 0 Å². The molecule has 0 radical (unpaired) electrons. The van der Waals surface area contributed by atoms with E-state index in [-0.39, 0.29) is 11.4 Å². The number of ether oxygens (including phenoxy) is 1. The maximum atomic E-state index is 12.5. The number of nitrogens with zero attached hydrogens (tertiary/aromatic N) is 2. The first-order chi connectivity index (χ1) is 12.5. The third-order valence-corrected chi connectivity index (χ3v) is 4.77. The fourth-order valence-corrected chi connectivity index (χ4v) is 3.43. The van der Waals surface area contributed by atoms with E-state index in [4.69, 9.17) is 4.74 Å². The van der Waals surface area contributed by atoms with Crippen molar-refractivity contribution in [2.24, 2.45) is 0 Å². The minimum absolute atomic E-state index is 0.169. The molecule has 0 saturated carbocycles. The highest BCUT2D eigenvalue weighted by Crippen LogP contribution is 2.38. The number of hydrogen-bond acceptors (Lipinski definition) is 5.